The van der Waals surface area contributed by atoms with E-state index < -0.39 is 0 Å². The van der Waals surface area contributed by atoms with Gasteiger partial charge in [-0.1, -0.05) is 0 Å². The Kier molecular flexibility index (Phi) is 5.45. The van der Waals surface area contributed by atoms with Gasteiger partial charge in [0.2, 0.25) is 0 Å². The van der Waals surface area contributed by atoms with Crippen molar-refractivity contribution >= 4 is 11.6 Å². The number of nitrogens with one attached hydrogen (secondary N) is 1. The van der Waals surface area contributed by atoms with Gasteiger partial charge in [-0.05, 0) is 26.0 Å². The maximum atomic E-state index is 11.9. The molecule has 1 aromatic carbocycles. The van der Waals surface area contributed by atoms with Gasteiger partial charge in [0.25, 0.3) is 5.91 Å². The molecule has 0 spiro atoms. The second kappa shape index (κ2) is 6.86. The Balaban J connectivity index is 2.92. The van der Waals surface area contributed by atoms with Gasteiger partial charge in [0, 0.05) is 25.4 Å². The number of amides is 1. The largest absolute Gasteiger partial charge is 0.487 e. The first-order chi connectivity index (χ1) is 8.58. The third kappa shape index (κ3) is 3.92. The molecule has 3 N–H and O–H groups in total. The van der Waals surface area contributed by atoms with Crippen LogP contribution in [0.5, 0.6) is 5.75 Å². The maximum absolute atomic E-state index is 11.9. The van der Waals surface area contributed by atoms with Crippen molar-refractivity contribution in [3.8, 4) is 5.75 Å². The summed E-state index contributed by atoms with van der Waals surface area (Å²) in [6, 6.07) is 4.99. The first kappa shape index (κ1) is 14.3. The highest BCUT2D eigenvalue weighted by Gasteiger charge is 2.14. The predicted molar refractivity (Wildman–Crippen MR) is 70.8 cm³/mol. The molecule has 0 fully saturated rings. The molecule has 5 heteroatoms. The number of ether oxygens (including phenoxy) is 2. The topological polar surface area (TPSA) is 73.6 Å². The van der Waals surface area contributed by atoms with Gasteiger partial charge in [-0.15, -0.1) is 0 Å². The van der Waals surface area contributed by atoms with Crippen molar-refractivity contribution in [3.63, 3.8) is 0 Å². The van der Waals surface area contributed by atoms with E-state index in [9.17, 15) is 4.79 Å². The molecular formula is C13H20N2O3. The molecule has 1 rings (SSSR count). The fraction of sp³-hybridized carbons (Fsp3) is 0.462. The lowest BCUT2D eigenvalue weighted by Crippen LogP contribution is -2.25. The average Bonchev–Trinajstić information content (AvgIpc) is 2.29. The summed E-state index contributed by atoms with van der Waals surface area (Å²) in [5.74, 6) is 0.308. The van der Waals surface area contributed by atoms with Gasteiger partial charge in [-0.3, -0.25) is 4.79 Å². The lowest BCUT2D eigenvalue weighted by Gasteiger charge is -2.17. The zero-order valence-corrected chi connectivity index (χ0v) is 11.0. The summed E-state index contributed by atoms with van der Waals surface area (Å²) >= 11 is 0. The zero-order valence-electron chi connectivity index (χ0n) is 11.0. The van der Waals surface area contributed by atoms with Gasteiger partial charge >= 0.3 is 0 Å². The van der Waals surface area contributed by atoms with E-state index in [1.54, 1.807) is 25.3 Å². The molecular weight excluding hydrogens is 232 g/mol. The van der Waals surface area contributed by atoms with Crippen LogP contribution in [-0.2, 0) is 4.74 Å². The summed E-state index contributed by atoms with van der Waals surface area (Å²) in [7, 11) is 1.60. The quantitative estimate of drug-likeness (QED) is 0.751. The van der Waals surface area contributed by atoms with Crippen molar-refractivity contribution in [1.29, 1.82) is 0 Å². The highest BCUT2D eigenvalue weighted by atomic mass is 16.5. The van der Waals surface area contributed by atoms with E-state index in [4.69, 9.17) is 15.2 Å². The third-order valence-corrected chi connectivity index (χ3v) is 2.32. The van der Waals surface area contributed by atoms with Crippen LogP contribution in [0.3, 0.4) is 0 Å². The normalized spacial score (nSPS) is 11.9. The van der Waals surface area contributed by atoms with Gasteiger partial charge in [0.05, 0.1) is 12.2 Å². The minimum absolute atomic E-state index is 0.148. The van der Waals surface area contributed by atoms with Crippen molar-refractivity contribution in [3.05, 3.63) is 23.8 Å². The Morgan fingerprint density at radius 3 is 2.83 bits per heavy atom. The number of hydrogen-bond donors (Lipinski definition) is 2. The SMILES string of the molecule is CCNC(=O)c1ccc(N)cc1OC(C)COC. The Morgan fingerprint density at radius 2 is 2.22 bits per heavy atom. The molecule has 0 saturated heterocycles. The monoisotopic (exact) mass is 252 g/mol. The van der Waals surface area contributed by atoms with Gasteiger partial charge in [-0.2, -0.15) is 0 Å². The van der Waals surface area contributed by atoms with Gasteiger partial charge < -0.3 is 20.5 Å². The lowest BCUT2D eigenvalue weighted by atomic mass is 10.1. The van der Waals surface area contributed by atoms with E-state index in [1.165, 1.54) is 0 Å². The summed E-state index contributed by atoms with van der Waals surface area (Å²) in [5.41, 5.74) is 6.75. The maximum Gasteiger partial charge on any atom is 0.255 e. The minimum atomic E-state index is -0.169. The average molecular weight is 252 g/mol. The molecule has 1 unspecified atom stereocenters. The van der Waals surface area contributed by atoms with E-state index >= 15 is 0 Å². The second-order valence-electron chi connectivity index (χ2n) is 4.00. The van der Waals surface area contributed by atoms with Gasteiger partial charge in [0.15, 0.2) is 0 Å². The van der Waals surface area contributed by atoms with E-state index in [0.29, 0.717) is 30.2 Å². The van der Waals surface area contributed by atoms with E-state index in [0.717, 1.165) is 0 Å². The number of hydrogen-bond acceptors (Lipinski definition) is 4. The fourth-order valence-electron chi connectivity index (χ4n) is 1.57. The first-order valence-electron chi connectivity index (χ1n) is 5.91. The molecule has 18 heavy (non-hydrogen) atoms. The van der Waals surface area contributed by atoms with E-state index in [2.05, 4.69) is 5.32 Å². The molecule has 0 radical (unpaired) electrons. The number of methoxy groups -OCH3 is 1. The Bertz CT molecular complexity index is 407. The van der Waals surface area contributed by atoms with Gasteiger partial charge in [0.1, 0.15) is 11.9 Å². The summed E-state index contributed by atoms with van der Waals surface area (Å²) in [6.45, 7) is 4.75. The highest BCUT2D eigenvalue weighted by Crippen LogP contribution is 2.23. The molecule has 0 aromatic heterocycles. The van der Waals surface area contributed by atoms with Crippen molar-refractivity contribution in [2.24, 2.45) is 0 Å². The molecule has 5 nitrogen and oxygen atoms in total. The van der Waals surface area contributed by atoms with Gasteiger partial charge in [-0.25, -0.2) is 0 Å². The number of nitrogen functional groups attached to an aromatic ring is 1. The molecule has 100 valence electrons. The van der Waals surface area contributed by atoms with E-state index in [1.807, 2.05) is 13.8 Å². The molecule has 1 atom stereocenters. The minimum Gasteiger partial charge on any atom is -0.487 e. The molecule has 1 amide bonds. The Morgan fingerprint density at radius 1 is 1.50 bits per heavy atom. The first-order valence-corrected chi connectivity index (χ1v) is 5.91. The van der Waals surface area contributed by atoms with Crippen LogP contribution in [0.25, 0.3) is 0 Å². The van der Waals surface area contributed by atoms with Crippen molar-refractivity contribution < 1.29 is 14.3 Å². The Hall–Kier alpha value is -1.75. The number of anilines is 1. The van der Waals surface area contributed by atoms with Crippen LogP contribution in [0.4, 0.5) is 5.69 Å². The number of rotatable bonds is 6. The number of carbonyl (C=O) groups is 1. The van der Waals surface area contributed by atoms with Crippen LogP contribution in [0.1, 0.15) is 24.2 Å². The van der Waals surface area contributed by atoms with Crippen molar-refractivity contribution in [2.75, 3.05) is 26.0 Å². The van der Waals surface area contributed by atoms with Crippen LogP contribution < -0.4 is 15.8 Å². The molecule has 0 aliphatic rings. The summed E-state index contributed by atoms with van der Waals surface area (Å²) < 4.78 is 10.7. The smallest absolute Gasteiger partial charge is 0.255 e. The molecule has 0 saturated carbocycles. The molecule has 0 aliphatic heterocycles. The standard InChI is InChI=1S/C13H20N2O3/c1-4-15-13(16)11-6-5-10(14)7-12(11)18-9(2)8-17-3/h5-7,9H,4,8,14H2,1-3H3,(H,15,16). The number of carbonyl (C=O) groups excluding carboxylic acids is 1. The number of benzene rings is 1. The Labute approximate surface area is 107 Å². The van der Waals surface area contributed by atoms with Crippen LogP contribution >= 0.6 is 0 Å². The summed E-state index contributed by atoms with van der Waals surface area (Å²) in [6.07, 6.45) is -0.148. The molecule has 0 bridgehead atoms. The summed E-state index contributed by atoms with van der Waals surface area (Å²) in [4.78, 5) is 11.9. The van der Waals surface area contributed by atoms with Crippen LogP contribution in [0.2, 0.25) is 0 Å². The third-order valence-electron chi connectivity index (χ3n) is 2.32. The second-order valence-corrected chi connectivity index (χ2v) is 4.00. The molecule has 1 aromatic rings. The lowest BCUT2D eigenvalue weighted by molar-refractivity contribution is 0.0871. The van der Waals surface area contributed by atoms with Crippen molar-refractivity contribution in [1.82, 2.24) is 5.32 Å². The van der Waals surface area contributed by atoms with Crippen LogP contribution in [0, 0.1) is 0 Å². The van der Waals surface area contributed by atoms with Crippen LogP contribution in [0.15, 0.2) is 18.2 Å². The predicted octanol–water partition coefficient (Wildman–Crippen LogP) is 1.43. The summed E-state index contributed by atoms with van der Waals surface area (Å²) in [5, 5.41) is 2.74. The molecule has 0 aliphatic carbocycles. The fourth-order valence-corrected chi connectivity index (χ4v) is 1.57. The highest BCUT2D eigenvalue weighted by molar-refractivity contribution is 5.97. The molecule has 0 heterocycles. The van der Waals surface area contributed by atoms with Crippen molar-refractivity contribution in [2.45, 2.75) is 20.0 Å². The van der Waals surface area contributed by atoms with Crippen LogP contribution in [-0.4, -0.2) is 32.3 Å². The number of nitrogens with two attached hydrogens (primary N) is 1. The zero-order chi connectivity index (χ0) is 13.5. The van der Waals surface area contributed by atoms with E-state index in [-0.39, 0.29) is 12.0 Å².